The standard InChI is InChI=1S/C20H35NO2Si2/c1-15-17(22)21-18(23-25(8,9)19(2,3)4)20(15,5)24(6,7)16-13-11-10-12-14-16/h10-15,18H,1-9H3,(H,21,22)/t15-,18-,20+/m1/s1. The number of hydrogen-bond donors (Lipinski definition) is 1. The molecule has 1 fully saturated rings. The minimum atomic E-state index is -1.99. The van der Waals surface area contributed by atoms with E-state index in [0.717, 1.165) is 0 Å². The number of hydrogen-bond acceptors (Lipinski definition) is 2. The highest BCUT2D eigenvalue weighted by Gasteiger charge is 2.61. The van der Waals surface area contributed by atoms with E-state index in [4.69, 9.17) is 4.43 Å². The second-order valence-corrected chi connectivity index (χ2v) is 19.4. The van der Waals surface area contributed by atoms with Crippen LogP contribution in [0, 0.1) is 5.92 Å². The first-order valence-corrected chi connectivity index (χ1v) is 15.2. The molecule has 1 amide bonds. The van der Waals surface area contributed by atoms with Crippen LogP contribution in [0.5, 0.6) is 0 Å². The summed E-state index contributed by atoms with van der Waals surface area (Å²) in [5, 5.41) is 4.51. The average molecular weight is 378 g/mol. The fraction of sp³-hybridized carbons (Fsp3) is 0.650. The minimum Gasteiger partial charge on any atom is -0.397 e. The number of carbonyl (C=O) groups is 1. The molecule has 0 saturated carbocycles. The molecule has 1 aromatic rings. The Morgan fingerprint density at radius 1 is 1.08 bits per heavy atom. The van der Waals surface area contributed by atoms with Crippen molar-refractivity contribution in [1.82, 2.24) is 5.32 Å². The van der Waals surface area contributed by atoms with Crippen LogP contribution in [0.4, 0.5) is 0 Å². The lowest BCUT2D eigenvalue weighted by Crippen LogP contribution is -2.60. The Labute approximate surface area is 155 Å². The maximum atomic E-state index is 12.7. The molecule has 25 heavy (non-hydrogen) atoms. The van der Waals surface area contributed by atoms with Crippen LogP contribution in [0.1, 0.15) is 34.6 Å². The molecule has 0 aliphatic carbocycles. The Kier molecular flexibility index (Phi) is 5.19. The first-order valence-electron chi connectivity index (χ1n) is 9.29. The summed E-state index contributed by atoms with van der Waals surface area (Å²) in [6.07, 6.45) is -0.210. The van der Waals surface area contributed by atoms with Gasteiger partial charge in [-0.25, -0.2) is 0 Å². The van der Waals surface area contributed by atoms with Crippen molar-refractivity contribution in [1.29, 1.82) is 0 Å². The monoisotopic (exact) mass is 377 g/mol. The highest BCUT2D eigenvalue weighted by Crippen LogP contribution is 2.53. The van der Waals surface area contributed by atoms with Gasteiger partial charge in [0.1, 0.15) is 6.23 Å². The van der Waals surface area contributed by atoms with Gasteiger partial charge in [0.05, 0.1) is 8.07 Å². The van der Waals surface area contributed by atoms with Crippen molar-refractivity contribution in [2.45, 2.75) is 77.1 Å². The van der Waals surface area contributed by atoms with E-state index in [-0.39, 0.29) is 28.1 Å². The Bertz CT molecular complexity index is 637. The van der Waals surface area contributed by atoms with E-state index in [1.54, 1.807) is 0 Å². The molecule has 0 bridgehead atoms. The van der Waals surface area contributed by atoms with E-state index in [9.17, 15) is 4.79 Å². The van der Waals surface area contributed by atoms with Gasteiger partial charge in [-0.05, 0) is 18.1 Å². The quantitative estimate of drug-likeness (QED) is 0.786. The molecule has 3 nitrogen and oxygen atoms in total. The molecule has 3 atom stereocenters. The zero-order valence-corrected chi connectivity index (χ0v) is 19.4. The van der Waals surface area contributed by atoms with Gasteiger partial charge in [0.25, 0.3) is 0 Å². The van der Waals surface area contributed by atoms with Crippen LogP contribution in [-0.4, -0.2) is 28.5 Å². The molecule has 5 heteroatoms. The first-order chi connectivity index (χ1) is 11.2. The molecular weight excluding hydrogens is 342 g/mol. The van der Waals surface area contributed by atoms with Crippen LogP contribution in [0.3, 0.4) is 0 Å². The van der Waals surface area contributed by atoms with Crippen molar-refractivity contribution >= 4 is 27.5 Å². The topological polar surface area (TPSA) is 38.3 Å². The Morgan fingerprint density at radius 2 is 1.60 bits per heavy atom. The maximum Gasteiger partial charge on any atom is 0.225 e. The predicted octanol–water partition coefficient (Wildman–Crippen LogP) is 4.48. The fourth-order valence-electron chi connectivity index (χ4n) is 3.56. The van der Waals surface area contributed by atoms with Crippen LogP contribution < -0.4 is 10.5 Å². The van der Waals surface area contributed by atoms with Crippen molar-refractivity contribution in [3.8, 4) is 0 Å². The molecule has 0 spiro atoms. The summed E-state index contributed by atoms with van der Waals surface area (Å²) in [7, 11) is -3.97. The second-order valence-electron chi connectivity index (χ2n) is 9.76. The summed E-state index contributed by atoms with van der Waals surface area (Å²) in [4.78, 5) is 12.7. The lowest BCUT2D eigenvalue weighted by atomic mass is 9.97. The molecule has 0 radical (unpaired) electrons. The van der Waals surface area contributed by atoms with Gasteiger partial charge in [-0.2, -0.15) is 0 Å². The summed E-state index contributed by atoms with van der Waals surface area (Å²) >= 11 is 0. The average Bonchev–Trinajstić information content (AvgIpc) is 2.72. The fourth-order valence-corrected chi connectivity index (χ4v) is 8.57. The highest BCUT2D eigenvalue weighted by molar-refractivity contribution is 6.92. The summed E-state index contributed by atoms with van der Waals surface area (Å²) < 4.78 is 6.77. The van der Waals surface area contributed by atoms with E-state index in [2.05, 4.69) is 96.5 Å². The Hall–Kier alpha value is -0.916. The second kappa shape index (κ2) is 6.36. The molecule has 2 rings (SSSR count). The maximum absolute atomic E-state index is 12.7. The summed E-state index contributed by atoms with van der Waals surface area (Å²) in [5.74, 6) is 0.0758. The van der Waals surface area contributed by atoms with Crippen LogP contribution in [0.25, 0.3) is 0 Å². The minimum absolute atomic E-state index is 0.0517. The number of carbonyl (C=O) groups excluding carboxylic acids is 1. The molecule has 1 aliphatic heterocycles. The molecular formula is C20H35NO2Si2. The number of amides is 1. The largest absolute Gasteiger partial charge is 0.397 e. The SMILES string of the molecule is C[C@@H]1C(=O)N[C@H](O[Si](C)(C)C(C)(C)C)[C@@]1(C)[Si](C)(C)c1ccccc1. The molecule has 0 unspecified atom stereocenters. The molecule has 140 valence electrons. The summed E-state index contributed by atoms with van der Waals surface area (Å²) in [6, 6.07) is 10.7. The zero-order chi connectivity index (χ0) is 19.3. The van der Waals surface area contributed by atoms with Crippen LogP contribution in [0.15, 0.2) is 30.3 Å². The third-order valence-corrected chi connectivity index (χ3v) is 16.8. The first kappa shape index (κ1) is 20.4. The van der Waals surface area contributed by atoms with Crippen molar-refractivity contribution in [2.24, 2.45) is 5.92 Å². The molecule has 1 heterocycles. The van der Waals surface area contributed by atoms with E-state index in [0.29, 0.717) is 0 Å². The van der Waals surface area contributed by atoms with Gasteiger partial charge in [0.2, 0.25) is 5.91 Å². The van der Waals surface area contributed by atoms with Crippen molar-refractivity contribution in [2.75, 3.05) is 0 Å². The van der Waals surface area contributed by atoms with Gasteiger partial charge < -0.3 is 9.74 Å². The van der Waals surface area contributed by atoms with Gasteiger partial charge in [0.15, 0.2) is 8.32 Å². The molecule has 0 aromatic heterocycles. The lowest BCUT2D eigenvalue weighted by Gasteiger charge is -2.49. The third-order valence-electron chi connectivity index (χ3n) is 7.17. The number of rotatable bonds is 4. The van der Waals surface area contributed by atoms with Gasteiger partial charge in [0, 0.05) is 11.0 Å². The van der Waals surface area contributed by atoms with Crippen molar-refractivity contribution in [3.63, 3.8) is 0 Å². The normalized spacial score (nSPS) is 28.1. The lowest BCUT2D eigenvalue weighted by molar-refractivity contribution is -0.122. The zero-order valence-electron chi connectivity index (χ0n) is 17.4. The molecule has 1 aliphatic rings. The van der Waals surface area contributed by atoms with Crippen molar-refractivity contribution < 1.29 is 9.22 Å². The Morgan fingerprint density at radius 3 is 2.08 bits per heavy atom. The van der Waals surface area contributed by atoms with Gasteiger partial charge >= 0.3 is 0 Å². The highest BCUT2D eigenvalue weighted by atomic mass is 28.4. The van der Waals surface area contributed by atoms with Crippen LogP contribution >= 0.6 is 0 Å². The summed E-state index contributed by atoms with van der Waals surface area (Å²) in [5.41, 5.74) is 0. The summed E-state index contributed by atoms with van der Waals surface area (Å²) in [6.45, 7) is 20.4. The van der Waals surface area contributed by atoms with E-state index in [1.165, 1.54) is 5.19 Å². The predicted molar refractivity (Wildman–Crippen MR) is 111 cm³/mol. The Balaban J connectivity index is 2.49. The van der Waals surface area contributed by atoms with Crippen LogP contribution in [0.2, 0.25) is 36.3 Å². The van der Waals surface area contributed by atoms with E-state index >= 15 is 0 Å². The van der Waals surface area contributed by atoms with Gasteiger partial charge in [-0.1, -0.05) is 83.2 Å². The van der Waals surface area contributed by atoms with Gasteiger partial charge in [-0.3, -0.25) is 4.79 Å². The van der Waals surface area contributed by atoms with Gasteiger partial charge in [-0.15, -0.1) is 0 Å². The van der Waals surface area contributed by atoms with E-state index < -0.39 is 16.4 Å². The smallest absolute Gasteiger partial charge is 0.225 e. The number of nitrogens with one attached hydrogen (secondary N) is 1. The van der Waals surface area contributed by atoms with E-state index in [1.807, 2.05) is 0 Å². The number of benzene rings is 1. The molecule has 1 aromatic carbocycles. The van der Waals surface area contributed by atoms with Crippen LogP contribution in [-0.2, 0) is 9.22 Å². The van der Waals surface area contributed by atoms with Crippen molar-refractivity contribution in [3.05, 3.63) is 30.3 Å². The third kappa shape index (κ3) is 3.26. The molecule has 1 N–H and O–H groups in total. The molecule has 1 saturated heterocycles.